The predicted octanol–water partition coefficient (Wildman–Crippen LogP) is 1.19. The van der Waals surface area contributed by atoms with Crippen LogP contribution in [-0.2, 0) is 14.3 Å². The molecule has 15 heavy (non-hydrogen) atoms. The molecule has 1 aliphatic carbocycles. The van der Waals surface area contributed by atoms with Crippen LogP contribution in [0.5, 0.6) is 0 Å². The Morgan fingerprint density at radius 2 is 2.13 bits per heavy atom. The second-order valence-electron chi connectivity index (χ2n) is 3.20. The number of halogens is 2. The Bertz CT molecular complexity index is 350. The molecule has 0 spiro atoms. The standard InChI is InChI=1S/C9H10Cl2O4/c1-3-15-8(13)4(2)9(14)6(11)5(10)7(9)12/h4,14H,3H2,1-2H3. The molecule has 0 aromatic heterocycles. The van der Waals surface area contributed by atoms with Gasteiger partial charge in [-0.3, -0.25) is 9.59 Å². The Kier molecular flexibility index (Phi) is 3.43. The van der Waals surface area contributed by atoms with Crippen LogP contribution in [0.1, 0.15) is 13.8 Å². The normalized spacial score (nSPS) is 27.4. The molecule has 1 aliphatic rings. The van der Waals surface area contributed by atoms with Crippen molar-refractivity contribution in [2.75, 3.05) is 6.61 Å². The summed E-state index contributed by atoms with van der Waals surface area (Å²) in [6.45, 7) is 3.16. The molecule has 0 saturated carbocycles. The van der Waals surface area contributed by atoms with Crippen molar-refractivity contribution in [1.82, 2.24) is 0 Å². The van der Waals surface area contributed by atoms with Crippen LogP contribution in [0, 0.1) is 5.92 Å². The van der Waals surface area contributed by atoms with Gasteiger partial charge in [0.05, 0.1) is 17.6 Å². The predicted molar refractivity (Wildman–Crippen MR) is 54.5 cm³/mol. The van der Waals surface area contributed by atoms with E-state index in [1.807, 2.05) is 0 Å². The molecule has 0 aromatic carbocycles. The van der Waals surface area contributed by atoms with Gasteiger partial charge in [0, 0.05) is 0 Å². The maximum absolute atomic E-state index is 11.3. The van der Waals surface area contributed by atoms with Gasteiger partial charge >= 0.3 is 5.97 Å². The van der Waals surface area contributed by atoms with E-state index in [1.165, 1.54) is 6.92 Å². The number of rotatable bonds is 3. The van der Waals surface area contributed by atoms with Gasteiger partial charge in [-0.2, -0.15) is 0 Å². The Morgan fingerprint density at radius 3 is 2.53 bits per heavy atom. The first-order chi connectivity index (χ1) is 6.87. The third-order valence-corrected chi connectivity index (χ3v) is 3.27. The van der Waals surface area contributed by atoms with E-state index < -0.39 is 23.3 Å². The third-order valence-electron chi connectivity index (χ3n) is 2.34. The fraction of sp³-hybridized carbons (Fsp3) is 0.556. The first kappa shape index (κ1) is 12.5. The van der Waals surface area contributed by atoms with Crippen molar-refractivity contribution >= 4 is 35.0 Å². The Morgan fingerprint density at radius 1 is 1.60 bits per heavy atom. The van der Waals surface area contributed by atoms with E-state index in [2.05, 4.69) is 4.74 Å². The van der Waals surface area contributed by atoms with Crippen LogP contribution in [-0.4, -0.2) is 29.1 Å². The summed E-state index contributed by atoms with van der Waals surface area (Å²) in [5.74, 6) is -2.48. The average Bonchev–Trinajstić information content (AvgIpc) is 2.24. The van der Waals surface area contributed by atoms with Crippen molar-refractivity contribution in [2.24, 2.45) is 5.92 Å². The minimum atomic E-state index is -2.01. The molecule has 84 valence electrons. The SMILES string of the molecule is CCOC(=O)C(C)C1(O)C(=O)C(Cl)=C1Cl. The number of ketones is 1. The highest BCUT2D eigenvalue weighted by molar-refractivity contribution is 6.56. The fourth-order valence-corrected chi connectivity index (χ4v) is 1.92. The summed E-state index contributed by atoms with van der Waals surface area (Å²) in [6.07, 6.45) is 0. The number of carbonyl (C=O) groups excluding carboxylic acids is 2. The number of Topliss-reactive ketones (excluding diaryl/α,β-unsaturated/α-hetero) is 1. The average molecular weight is 253 g/mol. The van der Waals surface area contributed by atoms with Gasteiger partial charge in [0.25, 0.3) is 0 Å². The Labute approximate surface area is 96.8 Å². The van der Waals surface area contributed by atoms with Gasteiger partial charge in [-0.25, -0.2) is 0 Å². The molecule has 0 saturated heterocycles. The molecule has 0 heterocycles. The topological polar surface area (TPSA) is 63.6 Å². The second-order valence-corrected chi connectivity index (χ2v) is 3.95. The molecule has 4 nitrogen and oxygen atoms in total. The summed E-state index contributed by atoms with van der Waals surface area (Å²) in [4.78, 5) is 22.6. The lowest BCUT2D eigenvalue weighted by atomic mass is 9.77. The molecular formula is C9H10Cl2O4. The molecule has 0 fully saturated rings. The van der Waals surface area contributed by atoms with Crippen molar-refractivity contribution in [3.63, 3.8) is 0 Å². The molecule has 0 aliphatic heterocycles. The lowest BCUT2D eigenvalue weighted by Crippen LogP contribution is -2.55. The van der Waals surface area contributed by atoms with E-state index in [1.54, 1.807) is 6.92 Å². The van der Waals surface area contributed by atoms with E-state index in [-0.39, 0.29) is 16.7 Å². The summed E-state index contributed by atoms with van der Waals surface area (Å²) in [5, 5.41) is 9.43. The van der Waals surface area contributed by atoms with Gasteiger partial charge in [0.2, 0.25) is 5.78 Å². The maximum Gasteiger partial charge on any atom is 0.312 e. The van der Waals surface area contributed by atoms with Crippen LogP contribution >= 0.6 is 23.2 Å². The van der Waals surface area contributed by atoms with Crippen molar-refractivity contribution in [1.29, 1.82) is 0 Å². The summed E-state index contributed by atoms with van der Waals surface area (Å²) in [7, 11) is 0. The van der Waals surface area contributed by atoms with E-state index in [9.17, 15) is 14.7 Å². The number of ether oxygens (including phenoxy) is 1. The highest BCUT2D eigenvalue weighted by atomic mass is 35.5. The van der Waals surface area contributed by atoms with Gasteiger partial charge in [-0.1, -0.05) is 23.2 Å². The number of esters is 1. The van der Waals surface area contributed by atoms with Gasteiger partial charge in [0.1, 0.15) is 5.03 Å². The molecule has 0 amide bonds. The quantitative estimate of drug-likeness (QED) is 0.767. The molecule has 0 radical (unpaired) electrons. The molecule has 6 heteroatoms. The number of hydrogen-bond acceptors (Lipinski definition) is 4. The van der Waals surface area contributed by atoms with Gasteiger partial charge in [-0.15, -0.1) is 0 Å². The van der Waals surface area contributed by atoms with Crippen molar-refractivity contribution in [3.05, 3.63) is 10.1 Å². The maximum atomic E-state index is 11.3. The first-order valence-corrected chi connectivity index (χ1v) is 5.12. The third kappa shape index (κ3) is 1.67. The minimum Gasteiger partial charge on any atom is -0.466 e. The molecule has 2 atom stereocenters. The summed E-state index contributed by atoms with van der Waals surface area (Å²) >= 11 is 11.1. The monoisotopic (exact) mass is 252 g/mol. The van der Waals surface area contributed by atoms with Crippen LogP contribution < -0.4 is 0 Å². The van der Waals surface area contributed by atoms with Crippen LogP contribution in [0.25, 0.3) is 0 Å². The highest BCUT2D eigenvalue weighted by Gasteiger charge is 2.58. The van der Waals surface area contributed by atoms with Gasteiger partial charge in [0.15, 0.2) is 5.60 Å². The van der Waals surface area contributed by atoms with E-state index >= 15 is 0 Å². The smallest absolute Gasteiger partial charge is 0.312 e. The van der Waals surface area contributed by atoms with Crippen molar-refractivity contribution in [3.8, 4) is 0 Å². The van der Waals surface area contributed by atoms with Crippen LogP contribution in [0.3, 0.4) is 0 Å². The summed E-state index contributed by atoms with van der Waals surface area (Å²) in [6, 6.07) is 0. The van der Waals surface area contributed by atoms with E-state index in [4.69, 9.17) is 23.2 Å². The van der Waals surface area contributed by atoms with Crippen molar-refractivity contribution in [2.45, 2.75) is 19.4 Å². The summed E-state index contributed by atoms with van der Waals surface area (Å²) in [5.41, 5.74) is -2.01. The lowest BCUT2D eigenvalue weighted by molar-refractivity contribution is -0.160. The molecule has 0 bridgehead atoms. The van der Waals surface area contributed by atoms with Crippen molar-refractivity contribution < 1.29 is 19.4 Å². The minimum absolute atomic E-state index is 0.169. The lowest BCUT2D eigenvalue weighted by Gasteiger charge is -2.37. The van der Waals surface area contributed by atoms with Gasteiger partial charge < -0.3 is 9.84 Å². The van der Waals surface area contributed by atoms with Crippen LogP contribution in [0.4, 0.5) is 0 Å². The van der Waals surface area contributed by atoms with E-state index in [0.717, 1.165) is 0 Å². The second kappa shape index (κ2) is 4.12. The molecular weight excluding hydrogens is 243 g/mol. The number of hydrogen-bond donors (Lipinski definition) is 1. The molecule has 1 N–H and O–H groups in total. The summed E-state index contributed by atoms with van der Waals surface area (Å²) < 4.78 is 4.68. The zero-order chi connectivity index (χ0) is 11.8. The highest BCUT2D eigenvalue weighted by Crippen LogP contribution is 2.45. The fourth-order valence-electron chi connectivity index (χ4n) is 1.30. The number of carbonyl (C=O) groups is 2. The Balaban J connectivity index is 2.91. The van der Waals surface area contributed by atoms with Crippen LogP contribution in [0.2, 0.25) is 0 Å². The largest absolute Gasteiger partial charge is 0.466 e. The number of aliphatic hydroxyl groups is 1. The molecule has 2 unspecified atom stereocenters. The molecule has 0 aromatic rings. The first-order valence-electron chi connectivity index (χ1n) is 4.36. The van der Waals surface area contributed by atoms with Crippen LogP contribution in [0.15, 0.2) is 10.1 Å². The zero-order valence-electron chi connectivity index (χ0n) is 8.21. The van der Waals surface area contributed by atoms with Gasteiger partial charge in [-0.05, 0) is 13.8 Å². The molecule has 1 rings (SSSR count). The Hall–Kier alpha value is -0.580. The zero-order valence-corrected chi connectivity index (χ0v) is 9.72. The van der Waals surface area contributed by atoms with E-state index in [0.29, 0.717) is 0 Å².